The second kappa shape index (κ2) is 5.07. The van der Waals surface area contributed by atoms with E-state index in [4.69, 9.17) is 21.1 Å². The summed E-state index contributed by atoms with van der Waals surface area (Å²) in [5, 5.41) is 0. The van der Waals surface area contributed by atoms with Gasteiger partial charge in [-0.2, -0.15) is 0 Å². The molecule has 92 valence electrons. The van der Waals surface area contributed by atoms with E-state index in [2.05, 4.69) is 26.8 Å². The topological polar surface area (TPSA) is 18.5 Å². The van der Waals surface area contributed by atoms with Crippen LogP contribution in [0, 0.1) is 17.8 Å². The maximum atomic E-state index is 5.84. The first-order valence-corrected chi connectivity index (χ1v) is 6.65. The number of allylic oxidation sites excluding steroid dienone is 2. The summed E-state index contributed by atoms with van der Waals surface area (Å²) in [5.74, 6) is 2.15. The Kier molecular flexibility index (Phi) is 3.93. The number of alkyl halides is 1. The lowest BCUT2D eigenvalue weighted by Gasteiger charge is -2.35. The van der Waals surface area contributed by atoms with Gasteiger partial charge < -0.3 is 9.47 Å². The molecule has 0 amide bonds. The summed E-state index contributed by atoms with van der Waals surface area (Å²) < 4.78 is 11.6. The van der Waals surface area contributed by atoms with Gasteiger partial charge in [-0.25, -0.2) is 0 Å². The molecule has 0 aromatic carbocycles. The predicted molar refractivity (Wildman–Crippen MR) is 65.5 cm³/mol. The summed E-state index contributed by atoms with van der Waals surface area (Å²) in [4.78, 5) is 0. The molecular formula is C13H21ClO2. The van der Waals surface area contributed by atoms with Gasteiger partial charge in [0.1, 0.15) is 0 Å². The molecule has 1 fully saturated rings. The first-order valence-electron chi connectivity index (χ1n) is 6.12. The van der Waals surface area contributed by atoms with Crippen LogP contribution in [0.5, 0.6) is 0 Å². The molecule has 2 aliphatic rings. The molecule has 16 heavy (non-hydrogen) atoms. The normalized spacial score (nSPS) is 44.5. The number of rotatable bonds is 2. The summed E-state index contributed by atoms with van der Waals surface area (Å²) >= 11 is 5.79. The fraction of sp³-hybridized carbons (Fsp3) is 0.846. The monoisotopic (exact) mass is 244 g/mol. The highest BCUT2D eigenvalue weighted by atomic mass is 35.5. The summed E-state index contributed by atoms with van der Waals surface area (Å²) in [6.07, 6.45) is 3.53. The molecule has 0 spiro atoms. The quantitative estimate of drug-likeness (QED) is 0.549. The van der Waals surface area contributed by atoms with Gasteiger partial charge in [0.25, 0.3) is 0 Å². The van der Waals surface area contributed by atoms with Crippen LogP contribution in [0.15, 0.2) is 11.6 Å². The molecule has 0 aromatic rings. The van der Waals surface area contributed by atoms with Gasteiger partial charge in [-0.1, -0.05) is 25.5 Å². The molecular weight excluding hydrogens is 224 g/mol. The van der Waals surface area contributed by atoms with Gasteiger partial charge in [0.15, 0.2) is 6.29 Å². The predicted octanol–water partition coefficient (Wildman–Crippen LogP) is 3.21. The highest BCUT2D eigenvalue weighted by Crippen LogP contribution is 2.38. The van der Waals surface area contributed by atoms with E-state index in [1.54, 1.807) is 0 Å². The molecule has 0 radical (unpaired) electrons. The van der Waals surface area contributed by atoms with E-state index in [1.165, 1.54) is 5.57 Å². The highest BCUT2D eigenvalue weighted by Gasteiger charge is 2.39. The van der Waals surface area contributed by atoms with Gasteiger partial charge in [-0.15, -0.1) is 11.6 Å². The zero-order chi connectivity index (χ0) is 11.7. The third-order valence-corrected chi connectivity index (χ3v) is 4.06. The van der Waals surface area contributed by atoms with Gasteiger partial charge in [-0.3, -0.25) is 0 Å². The van der Waals surface area contributed by atoms with E-state index in [0.717, 1.165) is 6.42 Å². The van der Waals surface area contributed by atoms with Gasteiger partial charge in [0.2, 0.25) is 0 Å². The minimum atomic E-state index is -0.0573. The lowest BCUT2D eigenvalue weighted by atomic mass is 9.74. The summed E-state index contributed by atoms with van der Waals surface area (Å²) in [5.41, 5.74) is 1.49. The van der Waals surface area contributed by atoms with Crippen molar-refractivity contribution in [2.75, 3.05) is 12.5 Å². The van der Waals surface area contributed by atoms with E-state index in [0.29, 0.717) is 30.2 Å². The number of ether oxygens (including phenoxy) is 2. The van der Waals surface area contributed by atoms with Crippen LogP contribution in [0.4, 0.5) is 0 Å². The standard InChI is InChI=1S/C13H21ClO2/c1-8-4-9(2)12(10(3)5-8)13-15-7-11(6-14)16-13/h4,9-13H,5-7H2,1-3H3/t9-,10+,11-,12-,13+/m0/s1. The Bertz CT molecular complexity index is 277. The second-order valence-corrected chi connectivity index (χ2v) is 5.55. The molecule has 0 saturated carbocycles. The molecule has 2 rings (SSSR count). The fourth-order valence-electron chi connectivity index (χ4n) is 3.06. The zero-order valence-electron chi connectivity index (χ0n) is 10.3. The van der Waals surface area contributed by atoms with Gasteiger partial charge >= 0.3 is 0 Å². The minimum Gasteiger partial charge on any atom is -0.350 e. The molecule has 1 aliphatic carbocycles. The van der Waals surface area contributed by atoms with Crippen LogP contribution in [-0.2, 0) is 9.47 Å². The molecule has 0 unspecified atom stereocenters. The summed E-state index contributed by atoms with van der Waals surface area (Å²) in [6, 6.07) is 0. The average Bonchev–Trinajstić information content (AvgIpc) is 2.64. The minimum absolute atomic E-state index is 0.0573. The Morgan fingerprint density at radius 3 is 2.75 bits per heavy atom. The molecule has 0 bridgehead atoms. The molecule has 2 nitrogen and oxygen atoms in total. The summed E-state index contributed by atoms with van der Waals surface area (Å²) in [6.45, 7) is 7.40. The number of hydrogen-bond donors (Lipinski definition) is 0. The van der Waals surface area contributed by atoms with E-state index in [-0.39, 0.29) is 12.4 Å². The van der Waals surface area contributed by atoms with E-state index in [9.17, 15) is 0 Å². The van der Waals surface area contributed by atoms with Crippen molar-refractivity contribution >= 4 is 11.6 Å². The van der Waals surface area contributed by atoms with Crippen molar-refractivity contribution in [2.24, 2.45) is 17.8 Å². The van der Waals surface area contributed by atoms with Gasteiger partial charge in [-0.05, 0) is 25.2 Å². The van der Waals surface area contributed by atoms with Crippen molar-refractivity contribution in [3.05, 3.63) is 11.6 Å². The van der Waals surface area contributed by atoms with Crippen molar-refractivity contribution in [3.63, 3.8) is 0 Å². The molecule has 1 saturated heterocycles. The van der Waals surface area contributed by atoms with Crippen molar-refractivity contribution < 1.29 is 9.47 Å². The van der Waals surface area contributed by atoms with Crippen LogP contribution in [0.25, 0.3) is 0 Å². The molecule has 0 aromatic heterocycles. The van der Waals surface area contributed by atoms with Crippen molar-refractivity contribution in [3.8, 4) is 0 Å². The SMILES string of the molecule is CC1=C[C@H](C)[C@H]([C@@H]2OC[C@H](CCl)O2)[C@H](C)C1. The first-order chi connectivity index (χ1) is 7.61. The lowest BCUT2D eigenvalue weighted by Crippen LogP contribution is -2.35. The molecule has 0 N–H and O–H groups in total. The Morgan fingerprint density at radius 1 is 1.44 bits per heavy atom. The smallest absolute Gasteiger partial charge is 0.161 e. The van der Waals surface area contributed by atoms with E-state index < -0.39 is 0 Å². The Hall–Kier alpha value is -0.0500. The number of hydrogen-bond acceptors (Lipinski definition) is 2. The molecule has 1 aliphatic heterocycles. The van der Waals surface area contributed by atoms with Gasteiger partial charge in [0.05, 0.1) is 18.6 Å². The molecule has 1 heterocycles. The molecule has 5 atom stereocenters. The van der Waals surface area contributed by atoms with Crippen LogP contribution >= 0.6 is 11.6 Å². The number of halogens is 1. The maximum Gasteiger partial charge on any atom is 0.161 e. The maximum absolute atomic E-state index is 5.84. The Morgan fingerprint density at radius 2 is 2.19 bits per heavy atom. The summed E-state index contributed by atoms with van der Waals surface area (Å²) in [7, 11) is 0. The first kappa shape index (κ1) is 12.4. The Labute approximate surface area is 103 Å². The van der Waals surface area contributed by atoms with Gasteiger partial charge in [0, 0.05) is 5.92 Å². The third kappa shape index (κ3) is 2.44. The van der Waals surface area contributed by atoms with Crippen molar-refractivity contribution in [1.82, 2.24) is 0 Å². The average molecular weight is 245 g/mol. The largest absolute Gasteiger partial charge is 0.350 e. The lowest BCUT2D eigenvalue weighted by molar-refractivity contribution is -0.119. The second-order valence-electron chi connectivity index (χ2n) is 5.25. The zero-order valence-corrected chi connectivity index (χ0v) is 11.0. The van der Waals surface area contributed by atoms with Crippen LogP contribution < -0.4 is 0 Å². The van der Waals surface area contributed by atoms with Crippen LogP contribution in [0.2, 0.25) is 0 Å². The van der Waals surface area contributed by atoms with E-state index in [1.807, 2.05) is 0 Å². The highest BCUT2D eigenvalue weighted by molar-refractivity contribution is 6.18. The van der Waals surface area contributed by atoms with Crippen molar-refractivity contribution in [1.29, 1.82) is 0 Å². The van der Waals surface area contributed by atoms with Crippen molar-refractivity contribution in [2.45, 2.75) is 39.6 Å². The van der Waals surface area contributed by atoms with E-state index >= 15 is 0 Å². The fourth-order valence-corrected chi connectivity index (χ4v) is 3.22. The van der Waals surface area contributed by atoms with Crippen LogP contribution in [-0.4, -0.2) is 24.9 Å². The third-order valence-electron chi connectivity index (χ3n) is 3.71. The molecule has 3 heteroatoms. The van der Waals surface area contributed by atoms with Crippen LogP contribution in [0.3, 0.4) is 0 Å². The van der Waals surface area contributed by atoms with Crippen LogP contribution in [0.1, 0.15) is 27.2 Å². The Balaban J connectivity index is 2.04.